The third kappa shape index (κ3) is 15.1. The van der Waals surface area contributed by atoms with Gasteiger partial charge in [0.15, 0.2) is 5.71 Å². The van der Waals surface area contributed by atoms with Gasteiger partial charge in [-0.15, -0.1) is 0 Å². The van der Waals surface area contributed by atoms with E-state index in [9.17, 15) is 18.8 Å². The molecular formula is C52H74FN4O4+. The van der Waals surface area contributed by atoms with Crippen molar-refractivity contribution in [1.29, 1.82) is 0 Å². The number of rotatable bonds is 21. The minimum atomic E-state index is -1.72. The van der Waals surface area contributed by atoms with Crippen LogP contribution in [0.2, 0.25) is 0 Å². The monoisotopic (exact) mass is 838 g/mol. The molecule has 1 unspecified atom stereocenters. The number of halogens is 1. The van der Waals surface area contributed by atoms with Crippen molar-refractivity contribution < 1.29 is 28.1 Å². The van der Waals surface area contributed by atoms with Crippen molar-refractivity contribution in [3.05, 3.63) is 132 Å². The summed E-state index contributed by atoms with van der Waals surface area (Å²) < 4.78 is 21.4. The highest BCUT2D eigenvalue weighted by atomic mass is 19.1. The smallest absolute Gasteiger partial charge is 0.310 e. The summed E-state index contributed by atoms with van der Waals surface area (Å²) in [5.41, 5.74) is 7.50. The Morgan fingerprint density at radius 2 is 1.54 bits per heavy atom. The number of fused-ring (bicyclic) bond motifs is 1. The normalized spacial score (nSPS) is 16.9. The predicted octanol–water partition coefficient (Wildman–Crippen LogP) is 11.4. The first kappa shape index (κ1) is 52.0. The molecule has 8 nitrogen and oxygen atoms in total. The first-order valence-electron chi connectivity index (χ1n) is 22.1. The first-order valence-corrected chi connectivity index (χ1v) is 22.1. The van der Waals surface area contributed by atoms with Crippen molar-refractivity contribution in [2.24, 2.45) is 5.41 Å². The maximum atomic E-state index is 14.1. The van der Waals surface area contributed by atoms with Crippen LogP contribution in [0.25, 0.3) is 0 Å². The van der Waals surface area contributed by atoms with Gasteiger partial charge in [0.25, 0.3) is 5.91 Å². The van der Waals surface area contributed by atoms with Crippen LogP contribution in [-0.2, 0) is 19.8 Å². The fourth-order valence-corrected chi connectivity index (χ4v) is 7.42. The van der Waals surface area contributed by atoms with Crippen LogP contribution in [0.1, 0.15) is 124 Å². The fourth-order valence-electron chi connectivity index (χ4n) is 7.42. The number of allylic oxidation sites excluding steroid dienone is 9. The van der Waals surface area contributed by atoms with E-state index in [4.69, 9.17) is 4.74 Å². The summed E-state index contributed by atoms with van der Waals surface area (Å²) >= 11 is 0. The van der Waals surface area contributed by atoms with Gasteiger partial charge in [0.05, 0.1) is 5.41 Å². The van der Waals surface area contributed by atoms with Gasteiger partial charge in [0.1, 0.15) is 19.1 Å². The zero-order valence-corrected chi connectivity index (χ0v) is 38.6. The molecule has 0 spiro atoms. The predicted molar refractivity (Wildman–Crippen MR) is 252 cm³/mol. The highest BCUT2D eigenvalue weighted by Crippen LogP contribution is 2.49. The van der Waals surface area contributed by atoms with Gasteiger partial charge in [-0.05, 0) is 88.5 Å². The summed E-state index contributed by atoms with van der Waals surface area (Å²) in [5, 5.41) is 5.69. The fraction of sp³-hybridized carbons (Fsp3) is 0.462. The largest absolute Gasteiger partial charge is 0.427 e. The second-order valence-corrected chi connectivity index (χ2v) is 16.0. The molecule has 2 aliphatic heterocycles. The van der Waals surface area contributed by atoms with Crippen molar-refractivity contribution in [1.82, 2.24) is 15.5 Å². The van der Waals surface area contributed by atoms with Crippen molar-refractivity contribution in [3.63, 3.8) is 0 Å². The first-order chi connectivity index (χ1) is 29.3. The number of para-hydroxylation sites is 1. The summed E-state index contributed by atoms with van der Waals surface area (Å²) in [6, 6.07) is 14.5. The average molecular weight is 838 g/mol. The Morgan fingerprint density at radius 3 is 2.16 bits per heavy atom. The van der Waals surface area contributed by atoms with Gasteiger partial charge in [-0.1, -0.05) is 122 Å². The van der Waals surface area contributed by atoms with E-state index in [0.717, 1.165) is 75.6 Å². The maximum Gasteiger partial charge on any atom is 0.310 e. The Bertz CT molecular complexity index is 1900. The van der Waals surface area contributed by atoms with E-state index in [1.165, 1.54) is 46.9 Å². The second-order valence-electron chi connectivity index (χ2n) is 16.0. The molecule has 2 N–H and O–H groups in total. The number of carbonyl (C=O) groups is 3. The molecule has 0 aromatic heterocycles. The van der Waals surface area contributed by atoms with Gasteiger partial charge >= 0.3 is 5.97 Å². The zero-order valence-electron chi connectivity index (χ0n) is 38.6. The Labute approximate surface area is 367 Å². The van der Waals surface area contributed by atoms with Gasteiger partial charge < -0.3 is 25.1 Å². The molecule has 0 bridgehead atoms. The van der Waals surface area contributed by atoms with Crippen LogP contribution >= 0.6 is 0 Å². The van der Waals surface area contributed by atoms with Crippen molar-refractivity contribution in [2.45, 2.75) is 118 Å². The Hall–Kier alpha value is -5.15. The number of aldehydes is 1. The molecule has 2 heterocycles. The second kappa shape index (κ2) is 26.9. The number of ether oxygens (including phenoxy) is 1. The Kier molecular flexibility index (Phi) is 23.0. The molecule has 9 heteroatoms. The molecule has 0 radical (unpaired) electrons. The van der Waals surface area contributed by atoms with Crippen molar-refractivity contribution >= 4 is 29.6 Å². The number of alkyl halides is 1. The number of nitrogens with one attached hydrogen (secondary N) is 2. The molecule has 2 aliphatic rings. The van der Waals surface area contributed by atoms with Crippen molar-refractivity contribution in [3.8, 4) is 5.75 Å². The van der Waals surface area contributed by atoms with E-state index in [0.29, 0.717) is 18.7 Å². The van der Waals surface area contributed by atoms with Gasteiger partial charge in [0, 0.05) is 60.4 Å². The number of carbonyl (C=O) groups excluding carboxylic acids is 3. The minimum absolute atomic E-state index is 0.0234. The number of hydrogen-bond acceptors (Lipinski definition) is 6. The zero-order chi connectivity index (χ0) is 45.4. The highest BCUT2D eigenvalue weighted by molar-refractivity contribution is 6.03. The molecule has 1 amide bonds. The van der Waals surface area contributed by atoms with E-state index >= 15 is 0 Å². The number of unbranched alkanes of at least 4 members (excludes halogenated alkanes) is 6. The maximum absolute atomic E-state index is 14.1. The van der Waals surface area contributed by atoms with E-state index in [1.807, 2.05) is 27.0 Å². The third-order valence-electron chi connectivity index (χ3n) is 11.0. The van der Waals surface area contributed by atoms with Crippen molar-refractivity contribution in [2.75, 3.05) is 33.7 Å². The molecule has 1 fully saturated rings. The topological polar surface area (TPSA) is 90.8 Å². The van der Waals surface area contributed by atoms with E-state index < -0.39 is 12.1 Å². The molecule has 2 aromatic carbocycles. The lowest BCUT2D eigenvalue weighted by atomic mass is 9.81. The quantitative estimate of drug-likeness (QED) is 0.0325. The lowest BCUT2D eigenvalue weighted by Crippen LogP contribution is -2.28. The van der Waals surface area contributed by atoms with Gasteiger partial charge in [-0.3, -0.25) is 9.59 Å². The lowest BCUT2D eigenvalue weighted by Gasteiger charge is -2.25. The minimum Gasteiger partial charge on any atom is -0.427 e. The van der Waals surface area contributed by atoms with E-state index in [1.54, 1.807) is 6.92 Å². The van der Waals surface area contributed by atoms with Crippen LogP contribution < -0.4 is 15.4 Å². The molecule has 332 valence electrons. The molecule has 1 atom stereocenters. The highest BCUT2D eigenvalue weighted by Gasteiger charge is 2.43. The lowest BCUT2D eigenvalue weighted by molar-refractivity contribution is -0.401. The van der Waals surface area contributed by atoms with E-state index in [-0.39, 0.29) is 28.8 Å². The summed E-state index contributed by atoms with van der Waals surface area (Å²) in [6.07, 6.45) is 22.0. The summed E-state index contributed by atoms with van der Waals surface area (Å²) in [6.45, 7) is 25.4. The Balaban J connectivity index is 0.000000432. The summed E-state index contributed by atoms with van der Waals surface area (Å²) in [5.74, 6) is -0.643. The van der Waals surface area contributed by atoms with Crippen LogP contribution in [-0.4, -0.2) is 67.1 Å². The number of likely N-dealkylation sites (tertiary alicyclic amines) is 1. The molecule has 4 rings (SSSR count). The van der Waals surface area contributed by atoms with Crippen LogP contribution in [0.4, 0.5) is 10.1 Å². The SMILES string of the molecule is C=C/C=C1\C(=C)C(C)(C)\C(=C/C=C/C=C/C2=[N+](C)c3ccccc3C2(C)C)N1CCCCCC=O.CC.CCC(=O)Oc1ccc(C(F)C(=O)NCCCCCCNC)cc1. The average Bonchev–Trinajstić information content (AvgIpc) is 3.56. The van der Waals surface area contributed by atoms with Gasteiger partial charge in [-0.25, -0.2) is 4.39 Å². The molecular weight excluding hydrogens is 764 g/mol. The number of esters is 1. The molecule has 0 saturated carbocycles. The number of benzene rings is 2. The van der Waals surface area contributed by atoms with Crippen LogP contribution in [0, 0.1) is 5.41 Å². The summed E-state index contributed by atoms with van der Waals surface area (Å²) in [4.78, 5) is 36.0. The molecule has 2 aromatic rings. The van der Waals surface area contributed by atoms with E-state index in [2.05, 4.69) is 129 Å². The van der Waals surface area contributed by atoms with Gasteiger partial charge in [0.2, 0.25) is 11.9 Å². The number of amides is 1. The third-order valence-corrected chi connectivity index (χ3v) is 11.0. The number of hydrogen-bond donors (Lipinski definition) is 2. The molecule has 1 saturated heterocycles. The molecule has 61 heavy (non-hydrogen) atoms. The van der Waals surface area contributed by atoms with Crippen LogP contribution in [0.5, 0.6) is 5.75 Å². The number of nitrogens with zero attached hydrogens (tertiary/aromatic N) is 2. The molecule has 0 aliphatic carbocycles. The standard InChI is InChI=1S/C32H41N2O.C18H27FN2O3.C2H6/c1-8-18-27-25(2)31(3,4)30(34(27)23-16-9-10-17-24-35)22-13-11-12-21-29-32(5,6)26-19-14-15-20-28(26)33(29)7;1-3-16(22)24-15-10-8-14(9-11-15)17(19)18(23)21-13-7-5-4-6-12-20-2;1-2/h8,11-15,18-22,24H,1-2,9-10,16-17,23H2,3-7H3;8-11,17,20H,3-7,12-13H2,1-2H3,(H,21,23);1-2H3/q+1;;/b27-18+;;. The van der Waals surface area contributed by atoms with Gasteiger partial charge in [-0.2, -0.15) is 4.58 Å². The summed E-state index contributed by atoms with van der Waals surface area (Å²) in [7, 11) is 4.06. The Morgan fingerprint density at radius 1 is 0.885 bits per heavy atom. The van der Waals surface area contributed by atoms with Crippen LogP contribution in [0.3, 0.4) is 0 Å². The van der Waals surface area contributed by atoms with Crippen LogP contribution in [0.15, 0.2) is 121 Å².